The first-order valence-corrected chi connectivity index (χ1v) is 6.88. The lowest BCUT2D eigenvalue weighted by atomic mass is 10.2. The molecule has 0 aliphatic rings. The third-order valence-corrected chi connectivity index (χ3v) is 4.14. The van der Waals surface area contributed by atoms with E-state index in [1.165, 1.54) is 5.56 Å². The van der Waals surface area contributed by atoms with Crippen LogP contribution in [-0.2, 0) is 13.6 Å². The molecule has 0 fully saturated rings. The van der Waals surface area contributed by atoms with Crippen molar-refractivity contribution < 1.29 is 0 Å². The average molecular weight is 273 g/mol. The average Bonchev–Trinajstić information content (AvgIpc) is 2.99. The van der Waals surface area contributed by atoms with E-state index in [0.717, 1.165) is 21.6 Å². The lowest BCUT2D eigenvalue weighted by Gasteiger charge is -2.09. The molecule has 2 heterocycles. The van der Waals surface area contributed by atoms with Gasteiger partial charge in [-0.3, -0.25) is 4.68 Å². The Hall–Kier alpha value is -2.08. The molecular formula is C13H15N5S. The molecule has 5 nitrogen and oxygen atoms in total. The van der Waals surface area contributed by atoms with E-state index < -0.39 is 0 Å². The van der Waals surface area contributed by atoms with Crippen molar-refractivity contribution in [3.05, 3.63) is 35.1 Å². The van der Waals surface area contributed by atoms with Crippen LogP contribution >= 0.6 is 11.3 Å². The number of fused-ring (bicyclic) bond motifs is 1. The number of nitrogens with two attached hydrogens (primary N) is 1. The summed E-state index contributed by atoms with van der Waals surface area (Å²) < 4.78 is 2.98. The number of nitrogen functional groups attached to an aromatic ring is 1. The van der Waals surface area contributed by atoms with Gasteiger partial charge in [-0.05, 0) is 19.1 Å². The van der Waals surface area contributed by atoms with Gasteiger partial charge in [0.2, 0.25) is 0 Å². The highest BCUT2D eigenvalue weighted by molar-refractivity contribution is 7.16. The second-order valence-electron chi connectivity index (χ2n) is 4.46. The molecule has 0 saturated carbocycles. The number of anilines is 2. The summed E-state index contributed by atoms with van der Waals surface area (Å²) in [5.74, 6) is 0. The largest absolute Gasteiger partial charge is 0.395 e. The maximum Gasteiger partial charge on any atom is 0.106 e. The zero-order valence-corrected chi connectivity index (χ0v) is 11.7. The summed E-state index contributed by atoms with van der Waals surface area (Å²) in [5.41, 5.74) is 12.8. The molecule has 0 radical (unpaired) electrons. The fraction of sp³-hybridized carbons (Fsp3) is 0.231. The molecule has 3 rings (SSSR count). The van der Waals surface area contributed by atoms with Gasteiger partial charge in [0.25, 0.3) is 0 Å². The molecule has 2 aromatic heterocycles. The first kappa shape index (κ1) is 12.0. The van der Waals surface area contributed by atoms with E-state index in [4.69, 9.17) is 5.73 Å². The van der Waals surface area contributed by atoms with Crippen molar-refractivity contribution in [1.29, 1.82) is 0 Å². The molecule has 0 aliphatic carbocycles. The monoisotopic (exact) mass is 273 g/mol. The number of thiazole rings is 1. The van der Waals surface area contributed by atoms with Crippen LogP contribution in [0.5, 0.6) is 0 Å². The number of nitrogens with one attached hydrogen (secondary N) is 1. The number of aromatic nitrogens is 3. The molecule has 0 amide bonds. The zero-order chi connectivity index (χ0) is 13.4. The van der Waals surface area contributed by atoms with Crippen LogP contribution in [0.15, 0.2) is 23.8 Å². The molecule has 1 aromatic carbocycles. The van der Waals surface area contributed by atoms with Crippen LogP contribution in [0.2, 0.25) is 0 Å². The summed E-state index contributed by atoms with van der Waals surface area (Å²) >= 11 is 1.60. The normalized spacial score (nSPS) is 11.1. The molecule has 0 atom stereocenters. The van der Waals surface area contributed by atoms with Gasteiger partial charge >= 0.3 is 0 Å². The molecule has 19 heavy (non-hydrogen) atoms. The Balaban J connectivity index is 1.85. The lowest BCUT2D eigenvalue weighted by molar-refractivity contribution is 0.738. The molecular weight excluding hydrogens is 258 g/mol. The number of benzene rings is 1. The Morgan fingerprint density at radius 1 is 1.42 bits per heavy atom. The van der Waals surface area contributed by atoms with Crippen molar-refractivity contribution in [2.75, 3.05) is 11.1 Å². The lowest BCUT2D eigenvalue weighted by Crippen LogP contribution is -2.04. The van der Waals surface area contributed by atoms with Crippen molar-refractivity contribution >= 4 is 32.9 Å². The summed E-state index contributed by atoms with van der Waals surface area (Å²) in [7, 11) is 1.94. The smallest absolute Gasteiger partial charge is 0.106 e. The Morgan fingerprint density at radius 2 is 2.26 bits per heavy atom. The molecule has 0 bridgehead atoms. The summed E-state index contributed by atoms with van der Waals surface area (Å²) in [6.45, 7) is 2.76. The summed E-state index contributed by atoms with van der Waals surface area (Å²) in [4.78, 5) is 4.29. The minimum atomic E-state index is 0.708. The van der Waals surface area contributed by atoms with E-state index >= 15 is 0 Å². The summed E-state index contributed by atoms with van der Waals surface area (Å²) in [6.07, 6.45) is 1.87. The van der Waals surface area contributed by atoms with Gasteiger partial charge in [0, 0.05) is 24.8 Å². The standard InChI is InChI=1S/C13H15N5S/c1-8-9(6-17-18(8)2)5-15-10-3-4-11-13(12(10)14)16-7-19-11/h3-4,6-7,15H,5,14H2,1-2H3. The van der Waals surface area contributed by atoms with Crippen LogP contribution < -0.4 is 11.1 Å². The molecule has 0 spiro atoms. The molecule has 6 heteroatoms. The first-order chi connectivity index (χ1) is 9.16. The SMILES string of the molecule is Cc1c(CNc2ccc3scnc3c2N)cnn1C. The maximum absolute atomic E-state index is 6.13. The summed E-state index contributed by atoms with van der Waals surface area (Å²) in [5, 5.41) is 7.58. The fourth-order valence-electron chi connectivity index (χ4n) is 2.01. The predicted octanol–water partition coefficient (Wildman–Crippen LogP) is 2.53. The van der Waals surface area contributed by atoms with Crippen molar-refractivity contribution in [1.82, 2.24) is 14.8 Å². The van der Waals surface area contributed by atoms with Crippen LogP contribution in [0.1, 0.15) is 11.3 Å². The molecule has 0 aliphatic heterocycles. The van der Waals surface area contributed by atoms with Crippen LogP contribution in [-0.4, -0.2) is 14.8 Å². The highest BCUT2D eigenvalue weighted by Gasteiger charge is 2.08. The number of aryl methyl sites for hydroxylation is 1. The molecule has 0 unspecified atom stereocenters. The highest BCUT2D eigenvalue weighted by Crippen LogP contribution is 2.30. The topological polar surface area (TPSA) is 68.8 Å². The third-order valence-electron chi connectivity index (χ3n) is 3.35. The summed E-state index contributed by atoms with van der Waals surface area (Å²) in [6, 6.07) is 4.04. The second kappa shape index (κ2) is 4.55. The Bertz CT molecular complexity index is 728. The van der Waals surface area contributed by atoms with Crippen LogP contribution in [0.4, 0.5) is 11.4 Å². The van der Waals surface area contributed by atoms with E-state index in [1.807, 2.05) is 35.6 Å². The van der Waals surface area contributed by atoms with E-state index in [0.29, 0.717) is 12.2 Å². The van der Waals surface area contributed by atoms with Gasteiger partial charge in [-0.15, -0.1) is 11.3 Å². The predicted molar refractivity (Wildman–Crippen MR) is 79.3 cm³/mol. The minimum Gasteiger partial charge on any atom is -0.395 e. The van der Waals surface area contributed by atoms with E-state index in [9.17, 15) is 0 Å². The zero-order valence-electron chi connectivity index (χ0n) is 10.8. The number of nitrogens with zero attached hydrogens (tertiary/aromatic N) is 3. The van der Waals surface area contributed by atoms with Crippen LogP contribution in [0.25, 0.3) is 10.2 Å². The second-order valence-corrected chi connectivity index (χ2v) is 5.34. The Kier molecular flexibility index (Phi) is 2.87. The van der Waals surface area contributed by atoms with Gasteiger partial charge in [-0.2, -0.15) is 5.10 Å². The van der Waals surface area contributed by atoms with Crippen LogP contribution in [0, 0.1) is 6.92 Å². The third kappa shape index (κ3) is 2.04. The molecule has 0 saturated heterocycles. The first-order valence-electron chi connectivity index (χ1n) is 6.00. The van der Waals surface area contributed by atoms with Gasteiger partial charge in [0.15, 0.2) is 0 Å². The van der Waals surface area contributed by atoms with E-state index in [2.05, 4.69) is 22.3 Å². The quantitative estimate of drug-likeness (QED) is 0.720. The van der Waals surface area contributed by atoms with Gasteiger partial charge < -0.3 is 11.1 Å². The number of hydrogen-bond acceptors (Lipinski definition) is 5. The van der Waals surface area contributed by atoms with Crippen molar-refractivity contribution in [2.45, 2.75) is 13.5 Å². The number of rotatable bonds is 3. The van der Waals surface area contributed by atoms with Gasteiger partial charge in [-0.25, -0.2) is 4.98 Å². The maximum atomic E-state index is 6.13. The fourth-order valence-corrected chi connectivity index (χ4v) is 2.71. The highest BCUT2D eigenvalue weighted by atomic mass is 32.1. The van der Waals surface area contributed by atoms with Crippen LogP contribution in [0.3, 0.4) is 0 Å². The van der Waals surface area contributed by atoms with Gasteiger partial charge in [0.1, 0.15) is 5.52 Å². The molecule has 3 N–H and O–H groups in total. The van der Waals surface area contributed by atoms with Crippen molar-refractivity contribution in [3.8, 4) is 0 Å². The van der Waals surface area contributed by atoms with Gasteiger partial charge in [-0.1, -0.05) is 0 Å². The number of hydrogen-bond donors (Lipinski definition) is 2. The Morgan fingerprint density at radius 3 is 3.00 bits per heavy atom. The van der Waals surface area contributed by atoms with Gasteiger partial charge in [0.05, 0.1) is 27.8 Å². The Labute approximate surface area is 115 Å². The van der Waals surface area contributed by atoms with E-state index in [1.54, 1.807) is 11.3 Å². The minimum absolute atomic E-state index is 0.708. The molecule has 98 valence electrons. The van der Waals surface area contributed by atoms with Crippen molar-refractivity contribution in [2.24, 2.45) is 7.05 Å². The molecule has 3 aromatic rings. The van der Waals surface area contributed by atoms with E-state index in [-0.39, 0.29) is 0 Å². The van der Waals surface area contributed by atoms with Crippen molar-refractivity contribution in [3.63, 3.8) is 0 Å².